The van der Waals surface area contributed by atoms with Gasteiger partial charge in [0.15, 0.2) is 11.6 Å². The second-order valence-corrected chi connectivity index (χ2v) is 12.1. The van der Waals surface area contributed by atoms with Gasteiger partial charge in [-0.1, -0.05) is 24.3 Å². The molecule has 2 saturated heterocycles. The topological polar surface area (TPSA) is 67.3 Å². The Balaban J connectivity index is 1.56. The van der Waals surface area contributed by atoms with Gasteiger partial charge < -0.3 is 29.1 Å². The van der Waals surface area contributed by atoms with Crippen LogP contribution >= 0.6 is 0 Å². The van der Waals surface area contributed by atoms with E-state index in [0.717, 1.165) is 37.4 Å². The van der Waals surface area contributed by atoms with E-state index in [1.165, 1.54) is 32.4 Å². The van der Waals surface area contributed by atoms with Crippen molar-refractivity contribution in [3.63, 3.8) is 0 Å². The van der Waals surface area contributed by atoms with Crippen molar-refractivity contribution in [1.82, 2.24) is 9.88 Å². The highest BCUT2D eigenvalue weighted by atomic mass is 19.1. The predicted octanol–water partition coefficient (Wildman–Crippen LogP) is 5.34. The molecule has 0 amide bonds. The summed E-state index contributed by atoms with van der Waals surface area (Å²) in [6, 6.07) is 18.7. The quantitative estimate of drug-likeness (QED) is 0.268. The third-order valence-electron chi connectivity index (χ3n) is 8.80. The number of hydrogen-bond donors (Lipinski definition) is 1. The highest BCUT2D eigenvalue weighted by molar-refractivity contribution is 5.84. The first kappa shape index (κ1) is 29.3. The molecule has 2 atom stereocenters. The molecule has 6 rings (SSSR count). The van der Waals surface area contributed by atoms with Crippen molar-refractivity contribution < 1.29 is 28.1 Å². The average Bonchev–Trinajstić information content (AvgIpc) is 2.95. The first-order chi connectivity index (χ1) is 20.7. The van der Waals surface area contributed by atoms with E-state index in [1.807, 2.05) is 37.2 Å². The molecule has 3 aromatic carbocycles. The molecular formula is C34H37F2N3O4. The van der Waals surface area contributed by atoms with Gasteiger partial charge in [0.05, 0.1) is 44.3 Å². The SMILES string of the molecule is COc1cccc([C@@H](c2cc3cc(N4CC5(COC5)C4)ccc3nc2OC)[C@@](O)(CCN(C)C)c2cccc(F)c2)c1F. The second-order valence-electron chi connectivity index (χ2n) is 12.1. The number of methoxy groups -OCH3 is 2. The fourth-order valence-corrected chi connectivity index (χ4v) is 6.45. The molecule has 226 valence electrons. The summed E-state index contributed by atoms with van der Waals surface area (Å²) < 4.78 is 47.5. The molecule has 0 radical (unpaired) electrons. The van der Waals surface area contributed by atoms with Crippen molar-refractivity contribution in [1.29, 1.82) is 0 Å². The van der Waals surface area contributed by atoms with Gasteiger partial charge in [0.2, 0.25) is 5.88 Å². The van der Waals surface area contributed by atoms with Crippen molar-refractivity contribution >= 4 is 16.6 Å². The lowest BCUT2D eigenvalue weighted by Gasteiger charge is -2.56. The van der Waals surface area contributed by atoms with Crippen molar-refractivity contribution in [3.05, 3.63) is 95.1 Å². The number of hydrogen-bond acceptors (Lipinski definition) is 7. The maximum atomic E-state index is 16.2. The van der Waals surface area contributed by atoms with Crippen molar-refractivity contribution in [3.8, 4) is 11.6 Å². The lowest BCUT2D eigenvalue weighted by atomic mass is 9.71. The number of nitrogens with zero attached hydrogens (tertiary/aromatic N) is 3. The lowest BCUT2D eigenvalue weighted by molar-refractivity contribution is -0.127. The van der Waals surface area contributed by atoms with E-state index in [4.69, 9.17) is 19.2 Å². The van der Waals surface area contributed by atoms with E-state index in [2.05, 4.69) is 11.0 Å². The number of pyridine rings is 1. The Morgan fingerprint density at radius 1 is 1.00 bits per heavy atom. The van der Waals surface area contributed by atoms with Crippen LogP contribution in [0.5, 0.6) is 11.6 Å². The molecule has 2 fully saturated rings. The van der Waals surface area contributed by atoms with E-state index < -0.39 is 23.2 Å². The molecular weight excluding hydrogens is 552 g/mol. The number of ether oxygens (including phenoxy) is 3. The third-order valence-corrected chi connectivity index (χ3v) is 8.80. The van der Waals surface area contributed by atoms with Gasteiger partial charge in [-0.15, -0.1) is 0 Å². The zero-order valence-electron chi connectivity index (χ0n) is 24.9. The molecule has 2 aliphatic heterocycles. The van der Waals surface area contributed by atoms with Gasteiger partial charge in [0.25, 0.3) is 0 Å². The standard InChI is InChI=1S/C34H37F2N3O4/c1-38(2)14-13-34(40,23-7-5-8-24(35)17-23)30(26-9-6-10-29(41-3)31(26)36)27-16-22-15-25(11-12-28(22)37-32(27)42-4)39-18-33(19-39)20-43-21-33/h5-12,15-17,30,40H,13-14,18-21H2,1-4H3/t30-,34+/m0/s1. The minimum Gasteiger partial charge on any atom is -0.494 e. The lowest BCUT2D eigenvalue weighted by Crippen LogP contribution is -2.66. The fraction of sp³-hybridized carbons (Fsp3) is 0.382. The molecule has 43 heavy (non-hydrogen) atoms. The molecule has 4 aromatic rings. The highest BCUT2D eigenvalue weighted by Crippen LogP contribution is 2.49. The van der Waals surface area contributed by atoms with E-state index in [0.29, 0.717) is 23.2 Å². The summed E-state index contributed by atoms with van der Waals surface area (Å²) >= 11 is 0. The summed E-state index contributed by atoms with van der Waals surface area (Å²) in [6.45, 7) is 3.88. The molecule has 9 heteroatoms. The van der Waals surface area contributed by atoms with E-state index in [-0.39, 0.29) is 29.0 Å². The van der Waals surface area contributed by atoms with Crippen LogP contribution in [0.25, 0.3) is 10.9 Å². The zero-order chi connectivity index (χ0) is 30.4. The van der Waals surface area contributed by atoms with E-state index in [1.54, 1.807) is 24.3 Å². The first-order valence-electron chi connectivity index (χ1n) is 14.4. The molecule has 0 unspecified atom stereocenters. The van der Waals surface area contributed by atoms with E-state index >= 15 is 4.39 Å². The largest absolute Gasteiger partial charge is 0.494 e. The zero-order valence-corrected chi connectivity index (χ0v) is 24.9. The molecule has 0 saturated carbocycles. The van der Waals surface area contributed by atoms with Crippen molar-refractivity contribution in [2.75, 3.05) is 66.1 Å². The van der Waals surface area contributed by atoms with Crippen LogP contribution in [0.1, 0.15) is 29.0 Å². The van der Waals surface area contributed by atoms with Crippen LogP contribution in [0.2, 0.25) is 0 Å². The minimum absolute atomic E-state index is 0.0402. The molecule has 7 nitrogen and oxygen atoms in total. The first-order valence-corrected chi connectivity index (χ1v) is 14.4. The fourth-order valence-electron chi connectivity index (χ4n) is 6.45. The Bertz CT molecular complexity index is 1640. The van der Waals surface area contributed by atoms with Gasteiger partial charge in [-0.25, -0.2) is 13.8 Å². The monoisotopic (exact) mass is 589 g/mol. The highest BCUT2D eigenvalue weighted by Gasteiger charge is 2.49. The van der Waals surface area contributed by atoms with Crippen molar-refractivity contribution in [2.24, 2.45) is 5.41 Å². The third kappa shape index (κ3) is 5.30. The molecule has 1 aromatic heterocycles. The van der Waals surface area contributed by atoms with Crippen LogP contribution < -0.4 is 14.4 Å². The Hall–Kier alpha value is -3.79. The summed E-state index contributed by atoms with van der Waals surface area (Å²) in [4.78, 5) is 9.06. The van der Waals surface area contributed by atoms with Gasteiger partial charge in [0.1, 0.15) is 11.4 Å². The Morgan fingerprint density at radius 2 is 1.77 bits per heavy atom. The minimum atomic E-state index is -1.76. The molecule has 1 N–H and O–H groups in total. The average molecular weight is 590 g/mol. The second kappa shape index (κ2) is 11.4. The summed E-state index contributed by atoms with van der Waals surface area (Å²) in [7, 11) is 6.69. The van der Waals surface area contributed by atoms with Gasteiger partial charge in [-0.3, -0.25) is 0 Å². The van der Waals surface area contributed by atoms with Crippen LogP contribution in [-0.4, -0.2) is 76.2 Å². The van der Waals surface area contributed by atoms with Crippen molar-refractivity contribution in [2.45, 2.75) is 17.9 Å². The number of aliphatic hydroxyl groups is 1. The molecule has 2 aliphatic rings. The van der Waals surface area contributed by atoms with Crippen LogP contribution in [-0.2, 0) is 10.3 Å². The number of anilines is 1. The number of aromatic nitrogens is 1. The maximum Gasteiger partial charge on any atom is 0.217 e. The molecule has 1 spiro atoms. The Morgan fingerprint density at radius 3 is 2.42 bits per heavy atom. The van der Waals surface area contributed by atoms with Crippen LogP contribution in [0.3, 0.4) is 0 Å². The summed E-state index contributed by atoms with van der Waals surface area (Å²) in [5, 5.41) is 13.6. The normalized spacial score (nSPS) is 17.8. The molecule has 3 heterocycles. The van der Waals surface area contributed by atoms with Crippen LogP contribution in [0, 0.1) is 17.0 Å². The van der Waals surface area contributed by atoms with Gasteiger partial charge in [0, 0.05) is 41.8 Å². The summed E-state index contributed by atoms with van der Waals surface area (Å²) in [5.74, 6) is -1.85. The predicted molar refractivity (Wildman–Crippen MR) is 162 cm³/mol. The number of fused-ring (bicyclic) bond motifs is 1. The van der Waals surface area contributed by atoms with Gasteiger partial charge >= 0.3 is 0 Å². The number of halogens is 2. The summed E-state index contributed by atoms with van der Waals surface area (Å²) in [6.07, 6.45) is 0.171. The van der Waals surface area contributed by atoms with Crippen LogP contribution in [0.4, 0.5) is 14.5 Å². The van der Waals surface area contributed by atoms with Crippen LogP contribution in [0.15, 0.2) is 66.7 Å². The summed E-state index contributed by atoms with van der Waals surface area (Å²) in [5.41, 5.74) is 1.26. The Kier molecular flexibility index (Phi) is 7.75. The van der Waals surface area contributed by atoms with Gasteiger partial charge in [-0.2, -0.15) is 0 Å². The smallest absolute Gasteiger partial charge is 0.217 e. The molecule has 0 aliphatic carbocycles. The Labute approximate surface area is 250 Å². The number of rotatable bonds is 10. The van der Waals surface area contributed by atoms with E-state index in [9.17, 15) is 9.50 Å². The maximum absolute atomic E-state index is 16.2. The molecule has 0 bridgehead atoms. The number of benzene rings is 3. The van der Waals surface area contributed by atoms with Gasteiger partial charge in [-0.05, 0) is 68.5 Å².